The third-order valence-corrected chi connectivity index (χ3v) is 3.10. The van der Waals surface area contributed by atoms with Crippen LogP contribution in [-0.2, 0) is 0 Å². The summed E-state index contributed by atoms with van der Waals surface area (Å²) in [6.07, 6.45) is 1.07. The van der Waals surface area contributed by atoms with E-state index in [-0.39, 0.29) is 5.82 Å². The van der Waals surface area contributed by atoms with Gasteiger partial charge in [0.25, 0.3) is 0 Å². The summed E-state index contributed by atoms with van der Waals surface area (Å²) in [5, 5.41) is 3.34. The molecule has 0 spiro atoms. The SMILES string of the molecule is CC(C)NCCCSc1cc(N)cc(F)c1. The molecule has 0 aliphatic carbocycles. The highest BCUT2D eigenvalue weighted by Crippen LogP contribution is 2.22. The molecular weight excluding hydrogens is 223 g/mol. The number of nitrogens with two attached hydrogens (primary N) is 1. The summed E-state index contributed by atoms with van der Waals surface area (Å²) in [7, 11) is 0. The topological polar surface area (TPSA) is 38.0 Å². The van der Waals surface area contributed by atoms with E-state index in [0.29, 0.717) is 11.7 Å². The molecule has 1 aromatic rings. The zero-order valence-corrected chi connectivity index (χ0v) is 10.6. The van der Waals surface area contributed by atoms with Crippen molar-refractivity contribution in [3.63, 3.8) is 0 Å². The number of hydrogen-bond acceptors (Lipinski definition) is 3. The molecule has 0 fully saturated rings. The van der Waals surface area contributed by atoms with Crippen LogP contribution in [0.5, 0.6) is 0 Å². The standard InChI is InChI=1S/C12H19FN2S/c1-9(2)15-4-3-5-16-12-7-10(13)6-11(14)8-12/h6-9,15H,3-5,14H2,1-2H3. The minimum atomic E-state index is -0.261. The Morgan fingerprint density at radius 2 is 2.12 bits per heavy atom. The Morgan fingerprint density at radius 1 is 1.38 bits per heavy atom. The number of anilines is 1. The molecule has 90 valence electrons. The Bertz CT molecular complexity index is 309. The van der Waals surface area contributed by atoms with Gasteiger partial charge in [-0.05, 0) is 36.9 Å². The number of hydrogen-bond donors (Lipinski definition) is 2. The highest BCUT2D eigenvalue weighted by atomic mass is 32.2. The van der Waals surface area contributed by atoms with Crippen molar-refractivity contribution in [1.29, 1.82) is 0 Å². The fraction of sp³-hybridized carbons (Fsp3) is 0.500. The van der Waals surface area contributed by atoms with Gasteiger partial charge in [-0.15, -0.1) is 11.8 Å². The van der Waals surface area contributed by atoms with E-state index in [1.165, 1.54) is 12.1 Å². The van der Waals surface area contributed by atoms with Crippen molar-refractivity contribution in [2.75, 3.05) is 18.0 Å². The molecular formula is C12H19FN2S. The van der Waals surface area contributed by atoms with Crippen LogP contribution in [0.3, 0.4) is 0 Å². The van der Waals surface area contributed by atoms with Crippen molar-refractivity contribution < 1.29 is 4.39 Å². The lowest BCUT2D eigenvalue weighted by atomic mass is 10.3. The van der Waals surface area contributed by atoms with E-state index in [0.717, 1.165) is 23.6 Å². The van der Waals surface area contributed by atoms with Crippen molar-refractivity contribution >= 4 is 17.4 Å². The molecule has 0 saturated carbocycles. The summed E-state index contributed by atoms with van der Waals surface area (Å²) in [6, 6.07) is 5.19. The second-order valence-corrected chi connectivity index (χ2v) is 5.20. The molecule has 0 atom stereocenters. The lowest BCUT2D eigenvalue weighted by Gasteiger charge is -2.07. The maximum Gasteiger partial charge on any atom is 0.126 e. The van der Waals surface area contributed by atoms with Crippen LogP contribution in [0.15, 0.2) is 23.1 Å². The number of nitrogen functional groups attached to an aromatic ring is 1. The minimum absolute atomic E-state index is 0.261. The Morgan fingerprint density at radius 3 is 2.75 bits per heavy atom. The number of rotatable bonds is 6. The van der Waals surface area contributed by atoms with Gasteiger partial charge in [0, 0.05) is 16.6 Å². The summed E-state index contributed by atoms with van der Waals surface area (Å²) in [5.74, 6) is 0.714. The van der Waals surface area contributed by atoms with Crippen molar-refractivity contribution in [3.05, 3.63) is 24.0 Å². The van der Waals surface area contributed by atoms with Crippen LogP contribution < -0.4 is 11.1 Å². The summed E-state index contributed by atoms with van der Waals surface area (Å²) in [6.45, 7) is 5.25. The second-order valence-electron chi connectivity index (χ2n) is 4.03. The van der Waals surface area contributed by atoms with Crippen molar-refractivity contribution in [3.8, 4) is 0 Å². The Labute approximate surface area is 101 Å². The number of halogens is 1. The smallest absolute Gasteiger partial charge is 0.126 e. The van der Waals surface area contributed by atoms with E-state index in [2.05, 4.69) is 19.2 Å². The van der Waals surface area contributed by atoms with Gasteiger partial charge in [0.15, 0.2) is 0 Å². The van der Waals surface area contributed by atoms with Gasteiger partial charge in [-0.2, -0.15) is 0 Å². The first-order chi connectivity index (χ1) is 7.58. The predicted octanol–water partition coefficient (Wildman–Crippen LogP) is 2.89. The van der Waals surface area contributed by atoms with Gasteiger partial charge in [0.1, 0.15) is 5.82 Å². The van der Waals surface area contributed by atoms with E-state index in [1.807, 2.05) is 6.07 Å². The molecule has 0 unspecified atom stereocenters. The van der Waals surface area contributed by atoms with Gasteiger partial charge in [0.05, 0.1) is 0 Å². The molecule has 0 aliphatic rings. The summed E-state index contributed by atoms with van der Waals surface area (Å²) >= 11 is 1.64. The monoisotopic (exact) mass is 242 g/mol. The lowest BCUT2D eigenvalue weighted by molar-refractivity contribution is 0.586. The van der Waals surface area contributed by atoms with Crippen molar-refractivity contribution in [2.24, 2.45) is 0 Å². The van der Waals surface area contributed by atoms with Crippen LogP contribution in [0.1, 0.15) is 20.3 Å². The van der Waals surface area contributed by atoms with E-state index in [9.17, 15) is 4.39 Å². The summed E-state index contributed by atoms with van der Waals surface area (Å²) in [4.78, 5) is 0.905. The molecule has 0 heterocycles. The number of thioether (sulfide) groups is 1. The van der Waals surface area contributed by atoms with E-state index in [4.69, 9.17) is 5.73 Å². The molecule has 0 saturated heterocycles. The average molecular weight is 242 g/mol. The fourth-order valence-electron chi connectivity index (χ4n) is 1.32. The van der Waals surface area contributed by atoms with Crippen LogP contribution in [0.25, 0.3) is 0 Å². The van der Waals surface area contributed by atoms with Crippen LogP contribution >= 0.6 is 11.8 Å². The fourth-order valence-corrected chi connectivity index (χ4v) is 2.26. The first-order valence-electron chi connectivity index (χ1n) is 5.50. The summed E-state index contributed by atoms with van der Waals surface area (Å²) < 4.78 is 13.0. The molecule has 0 radical (unpaired) electrons. The number of benzene rings is 1. The third-order valence-electron chi connectivity index (χ3n) is 2.04. The van der Waals surface area contributed by atoms with E-state index < -0.39 is 0 Å². The molecule has 1 aromatic carbocycles. The van der Waals surface area contributed by atoms with Crippen LogP contribution in [0, 0.1) is 5.82 Å². The highest BCUT2D eigenvalue weighted by Gasteiger charge is 1.99. The molecule has 4 heteroatoms. The maximum atomic E-state index is 13.0. The molecule has 3 N–H and O–H groups in total. The van der Waals surface area contributed by atoms with Crippen LogP contribution in [0.4, 0.5) is 10.1 Å². The molecule has 0 aromatic heterocycles. The molecule has 1 rings (SSSR count). The minimum Gasteiger partial charge on any atom is -0.399 e. The third kappa shape index (κ3) is 5.37. The first kappa shape index (κ1) is 13.3. The maximum absolute atomic E-state index is 13.0. The molecule has 0 bridgehead atoms. The van der Waals surface area contributed by atoms with Gasteiger partial charge in [-0.1, -0.05) is 13.8 Å². The van der Waals surface area contributed by atoms with Gasteiger partial charge in [-0.3, -0.25) is 0 Å². The largest absolute Gasteiger partial charge is 0.399 e. The number of nitrogens with one attached hydrogen (secondary N) is 1. The van der Waals surface area contributed by atoms with E-state index >= 15 is 0 Å². The molecule has 16 heavy (non-hydrogen) atoms. The Kier molecular flexibility index (Phi) is 5.63. The van der Waals surface area contributed by atoms with Crippen LogP contribution in [0.2, 0.25) is 0 Å². The Hall–Kier alpha value is -0.740. The highest BCUT2D eigenvalue weighted by molar-refractivity contribution is 7.99. The lowest BCUT2D eigenvalue weighted by Crippen LogP contribution is -2.23. The van der Waals surface area contributed by atoms with Crippen molar-refractivity contribution in [2.45, 2.75) is 31.2 Å². The zero-order valence-electron chi connectivity index (χ0n) is 9.79. The molecule has 2 nitrogen and oxygen atoms in total. The molecule has 0 amide bonds. The predicted molar refractivity (Wildman–Crippen MR) is 69.3 cm³/mol. The van der Waals surface area contributed by atoms with Gasteiger partial charge in [-0.25, -0.2) is 4.39 Å². The van der Waals surface area contributed by atoms with Gasteiger partial charge in [0.2, 0.25) is 0 Å². The van der Waals surface area contributed by atoms with E-state index in [1.54, 1.807) is 11.8 Å². The quantitative estimate of drug-likeness (QED) is 0.457. The van der Waals surface area contributed by atoms with Crippen LogP contribution in [-0.4, -0.2) is 18.3 Å². The Balaban J connectivity index is 2.26. The van der Waals surface area contributed by atoms with Gasteiger partial charge >= 0.3 is 0 Å². The molecule has 0 aliphatic heterocycles. The normalized spacial score (nSPS) is 11.0. The average Bonchev–Trinajstić information content (AvgIpc) is 2.15. The summed E-state index contributed by atoms with van der Waals surface area (Å²) in [5.41, 5.74) is 6.05. The van der Waals surface area contributed by atoms with Crippen molar-refractivity contribution in [1.82, 2.24) is 5.32 Å². The zero-order chi connectivity index (χ0) is 12.0. The first-order valence-corrected chi connectivity index (χ1v) is 6.49. The van der Waals surface area contributed by atoms with Gasteiger partial charge < -0.3 is 11.1 Å². The second kappa shape index (κ2) is 6.76.